The van der Waals surface area contributed by atoms with Crippen molar-refractivity contribution in [2.45, 2.75) is 53.2 Å². The summed E-state index contributed by atoms with van der Waals surface area (Å²) in [6.07, 6.45) is 0.564. The van der Waals surface area contributed by atoms with Crippen molar-refractivity contribution in [1.29, 1.82) is 0 Å². The van der Waals surface area contributed by atoms with Crippen LogP contribution in [0.15, 0.2) is 30.3 Å². The van der Waals surface area contributed by atoms with Gasteiger partial charge in [-0.25, -0.2) is 9.59 Å². The summed E-state index contributed by atoms with van der Waals surface area (Å²) in [7, 11) is 0. The van der Waals surface area contributed by atoms with Gasteiger partial charge < -0.3 is 15.2 Å². The van der Waals surface area contributed by atoms with Crippen LogP contribution in [0.3, 0.4) is 0 Å². The zero-order valence-corrected chi connectivity index (χ0v) is 14.3. The van der Waals surface area contributed by atoms with E-state index in [1.165, 1.54) is 0 Å². The van der Waals surface area contributed by atoms with Crippen molar-refractivity contribution in [1.82, 2.24) is 5.32 Å². The van der Waals surface area contributed by atoms with Gasteiger partial charge in [-0.2, -0.15) is 0 Å². The highest BCUT2D eigenvalue weighted by molar-refractivity contribution is 5.79. The number of ether oxygens (including phenoxy) is 1. The fourth-order valence-corrected chi connectivity index (χ4v) is 2.66. The second-order valence-electron chi connectivity index (χ2n) is 7.20. The lowest BCUT2D eigenvalue weighted by atomic mass is 9.83. The van der Waals surface area contributed by atoms with E-state index >= 15 is 0 Å². The topological polar surface area (TPSA) is 75.6 Å². The van der Waals surface area contributed by atoms with Crippen molar-refractivity contribution >= 4 is 12.1 Å². The first-order chi connectivity index (χ1) is 10.7. The summed E-state index contributed by atoms with van der Waals surface area (Å²) in [5, 5.41) is 11.7. The van der Waals surface area contributed by atoms with Gasteiger partial charge in [0.1, 0.15) is 12.6 Å². The van der Waals surface area contributed by atoms with E-state index in [9.17, 15) is 14.7 Å². The average molecular weight is 321 g/mol. The van der Waals surface area contributed by atoms with Gasteiger partial charge in [0, 0.05) is 0 Å². The molecule has 0 aromatic heterocycles. The number of rotatable bonds is 7. The maximum Gasteiger partial charge on any atom is 0.408 e. The second-order valence-corrected chi connectivity index (χ2v) is 7.20. The van der Waals surface area contributed by atoms with Crippen molar-refractivity contribution in [3.05, 3.63) is 35.9 Å². The van der Waals surface area contributed by atoms with Crippen LogP contribution in [0.25, 0.3) is 0 Å². The summed E-state index contributed by atoms with van der Waals surface area (Å²) in [4.78, 5) is 23.1. The van der Waals surface area contributed by atoms with Crippen LogP contribution < -0.4 is 5.32 Å². The van der Waals surface area contributed by atoms with Crippen LogP contribution in [-0.4, -0.2) is 23.2 Å². The summed E-state index contributed by atoms with van der Waals surface area (Å²) in [5.41, 5.74) is 0.978. The van der Waals surface area contributed by atoms with Gasteiger partial charge in [0.15, 0.2) is 0 Å². The van der Waals surface area contributed by atoms with E-state index in [0.717, 1.165) is 12.0 Å². The first-order valence-corrected chi connectivity index (χ1v) is 7.87. The molecular weight excluding hydrogens is 294 g/mol. The van der Waals surface area contributed by atoms with Gasteiger partial charge in [0.05, 0.1) is 0 Å². The van der Waals surface area contributed by atoms with Crippen LogP contribution in [-0.2, 0) is 16.1 Å². The Morgan fingerprint density at radius 1 is 1.22 bits per heavy atom. The fourth-order valence-electron chi connectivity index (χ4n) is 2.66. The first kappa shape index (κ1) is 19.0. The Hall–Kier alpha value is -2.04. The Bertz CT molecular complexity index is 508. The summed E-state index contributed by atoms with van der Waals surface area (Å²) in [5.74, 6) is -0.854. The Labute approximate surface area is 138 Å². The van der Waals surface area contributed by atoms with Gasteiger partial charge in [-0.05, 0) is 29.7 Å². The minimum Gasteiger partial charge on any atom is -0.480 e. The molecule has 0 bridgehead atoms. The molecular formula is C18H27NO4. The molecule has 0 fully saturated rings. The minimum absolute atomic E-state index is 0.121. The molecule has 128 valence electrons. The number of carboxylic acids is 1. The highest BCUT2D eigenvalue weighted by Gasteiger charge is 2.25. The lowest BCUT2D eigenvalue weighted by molar-refractivity contribution is -0.139. The van der Waals surface area contributed by atoms with Gasteiger partial charge in [-0.1, -0.05) is 58.0 Å². The molecule has 5 nitrogen and oxygen atoms in total. The lowest BCUT2D eigenvalue weighted by Gasteiger charge is -2.25. The molecule has 0 aliphatic rings. The Kier molecular flexibility index (Phi) is 7.07. The smallest absolute Gasteiger partial charge is 0.408 e. The number of nitrogens with one attached hydrogen (secondary N) is 1. The molecule has 1 aromatic carbocycles. The molecule has 2 atom stereocenters. The van der Waals surface area contributed by atoms with E-state index in [2.05, 4.69) is 26.1 Å². The number of alkyl carbamates (subject to hydrolysis) is 1. The molecule has 5 heteroatoms. The van der Waals surface area contributed by atoms with Crippen LogP contribution in [0.5, 0.6) is 0 Å². The van der Waals surface area contributed by atoms with E-state index < -0.39 is 18.1 Å². The predicted molar refractivity (Wildman–Crippen MR) is 89.0 cm³/mol. The molecule has 2 unspecified atom stereocenters. The van der Waals surface area contributed by atoms with Gasteiger partial charge in [-0.3, -0.25) is 0 Å². The number of carbonyl (C=O) groups excluding carboxylic acids is 1. The zero-order chi connectivity index (χ0) is 17.5. The predicted octanol–water partition coefficient (Wildman–Crippen LogP) is 3.83. The maximum atomic E-state index is 11.8. The minimum atomic E-state index is -1.04. The maximum absolute atomic E-state index is 11.8. The summed E-state index contributed by atoms with van der Waals surface area (Å²) in [6.45, 7) is 8.46. The van der Waals surface area contributed by atoms with E-state index in [1.54, 1.807) is 0 Å². The normalized spacial score (nSPS) is 13.9. The number of carbonyl (C=O) groups is 2. The summed E-state index contributed by atoms with van der Waals surface area (Å²) in [6, 6.07) is 8.33. The molecule has 0 heterocycles. The molecule has 23 heavy (non-hydrogen) atoms. The summed E-state index contributed by atoms with van der Waals surface area (Å²) < 4.78 is 5.08. The molecule has 2 N–H and O–H groups in total. The number of benzene rings is 1. The molecule has 0 radical (unpaired) electrons. The molecule has 1 rings (SSSR count). The quantitative estimate of drug-likeness (QED) is 0.800. The van der Waals surface area contributed by atoms with Crippen LogP contribution >= 0.6 is 0 Å². The van der Waals surface area contributed by atoms with Crippen molar-refractivity contribution in [2.75, 3.05) is 0 Å². The van der Waals surface area contributed by atoms with Gasteiger partial charge in [0.25, 0.3) is 0 Å². The second kappa shape index (κ2) is 8.56. The van der Waals surface area contributed by atoms with Gasteiger partial charge in [0.2, 0.25) is 0 Å². The standard InChI is InChI=1S/C18H27NO4/c1-13(11-18(2,3)4)10-15(16(20)21)19-17(22)23-12-14-8-6-5-7-9-14/h5-9,13,15H,10-12H2,1-4H3,(H,19,22)(H,20,21). The lowest BCUT2D eigenvalue weighted by Crippen LogP contribution is -2.42. The van der Waals surface area contributed by atoms with Gasteiger partial charge >= 0.3 is 12.1 Å². The van der Waals surface area contributed by atoms with E-state index in [4.69, 9.17) is 4.74 Å². The van der Waals surface area contributed by atoms with Crippen molar-refractivity contribution in [3.63, 3.8) is 0 Å². The van der Waals surface area contributed by atoms with Gasteiger partial charge in [-0.15, -0.1) is 0 Å². The zero-order valence-electron chi connectivity index (χ0n) is 14.3. The number of amides is 1. The third-order valence-corrected chi connectivity index (χ3v) is 3.40. The highest BCUT2D eigenvalue weighted by Crippen LogP contribution is 2.26. The molecule has 0 spiro atoms. The molecule has 1 amide bonds. The van der Waals surface area contributed by atoms with Crippen LogP contribution in [0.1, 0.15) is 46.1 Å². The molecule has 0 saturated heterocycles. The van der Waals surface area contributed by atoms with Crippen molar-refractivity contribution in [2.24, 2.45) is 11.3 Å². The average Bonchev–Trinajstić information content (AvgIpc) is 2.43. The Morgan fingerprint density at radius 2 is 1.83 bits per heavy atom. The van der Waals surface area contributed by atoms with Crippen LogP contribution in [0.2, 0.25) is 0 Å². The number of carboxylic acid groups (broad SMARTS) is 1. The Morgan fingerprint density at radius 3 is 2.35 bits per heavy atom. The first-order valence-electron chi connectivity index (χ1n) is 7.87. The van der Waals surface area contributed by atoms with E-state index in [0.29, 0.717) is 6.42 Å². The number of hydrogen-bond acceptors (Lipinski definition) is 3. The van der Waals surface area contributed by atoms with E-state index in [-0.39, 0.29) is 17.9 Å². The number of aliphatic carboxylic acids is 1. The molecule has 0 aliphatic carbocycles. The molecule has 0 aliphatic heterocycles. The van der Waals surface area contributed by atoms with E-state index in [1.807, 2.05) is 37.3 Å². The number of hydrogen-bond donors (Lipinski definition) is 2. The van der Waals surface area contributed by atoms with Crippen LogP contribution in [0.4, 0.5) is 4.79 Å². The van der Waals surface area contributed by atoms with Crippen LogP contribution in [0, 0.1) is 11.3 Å². The molecule has 1 aromatic rings. The fraction of sp³-hybridized carbons (Fsp3) is 0.556. The highest BCUT2D eigenvalue weighted by atomic mass is 16.5. The SMILES string of the molecule is CC(CC(NC(=O)OCc1ccccc1)C(=O)O)CC(C)(C)C. The Balaban J connectivity index is 2.48. The van der Waals surface area contributed by atoms with Crippen molar-refractivity contribution in [3.8, 4) is 0 Å². The van der Waals surface area contributed by atoms with Crippen molar-refractivity contribution < 1.29 is 19.4 Å². The third-order valence-electron chi connectivity index (χ3n) is 3.40. The molecule has 0 saturated carbocycles. The largest absolute Gasteiger partial charge is 0.480 e. The monoisotopic (exact) mass is 321 g/mol. The summed E-state index contributed by atoms with van der Waals surface area (Å²) >= 11 is 0. The third kappa shape index (κ3) is 8.24.